The number of nitrogens with zero attached hydrogens (tertiary/aromatic N) is 3. The molecule has 5 heteroatoms. The smallest absolute Gasteiger partial charge is 0.236 e. The highest BCUT2D eigenvalue weighted by molar-refractivity contribution is 6.23. The third-order valence-electron chi connectivity index (χ3n) is 7.64. The van der Waals surface area contributed by atoms with Gasteiger partial charge in [-0.2, -0.15) is 0 Å². The highest BCUT2D eigenvalue weighted by atomic mass is 16.3. The Labute approximate surface area is 221 Å². The Morgan fingerprint density at radius 2 is 1.15 bits per heavy atom. The van der Waals surface area contributed by atoms with Crippen molar-refractivity contribution in [1.82, 2.24) is 14.5 Å². The second kappa shape index (κ2) is 7.55. The van der Waals surface area contributed by atoms with E-state index in [1.54, 1.807) is 0 Å². The number of rotatable bonds is 2. The van der Waals surface area contributed by atoms with Gasteiger partial charge in [0.25, 0.3) is 0 Å². The zero-order valence-corrected chi connectivity index (χ0v) is 20.6. The highest BCUT2D eigenvalue weighted by Gasteiger charge is 2.22. The summed E-state index contributed by atoms with van der Waals surface area (Å²) in [5.74, 6) is 0.592. The van der Waals surface area contributed by atoms with Gasteiger partial charge in [0.1, 0.15) is 28.0 Å². The first-order valence-corrected chi connectivity index (χ1v) is 12.9. The Kier molecular flexibility index (Phi) is 3.99. The molecular weight excluding hydrogens is 482 g/mol. The van der Waals surface area contributed by atoms with Crippen LogP contribution in [0, 0.1) is 0 Å². The Bertz CT molecular complexity index is 2390. The van der Waals surface area contributed by atoms with Gasteiger partial charge in [0, 0.05) is 27.1 Å². The van der Waals surface area contributed by atoms with Crippen molar-refractivity contribution in [1.29, 1.82) is 0 Å². The number of hydrogen-bond donors (Lipinski definition) is 0. The summed E-state index contributed by atoms with van der Waals surface area (Å²) < 4.78 is 14.9. The zero-order valence-electron chi connectivity index (χ0n) is 20.6. The van der Waals surface area contributed by atoms with Gasteiger partial charge in [-0.25, -0.2) is 9.97 Å². The lowest BCUT2D eigenvalue weighted by molar-refractivity contribution is 0.666. The molecule has 0 saturated carbocycles. The first-order chi connectivity index (χ1) is 19.3. The molecule has 5 nitrogen and oxygen atoms in total. The summed E-state index contributed by atoms with van der Waals surface area (Å²) in [6.07, 6.45) is 0. The molecule has 182 valence electrons. The maximum absolute atomic E-state index is 6.46. The predicted octanol–water partition coefficient (Wildman–Crippen LogP) is 9.04. The minimum absolute atomic E-state index is 0.592. The van der Waals surface area contributed by atoms with Gasteiger partial charge in [-0.15, -0.1) is 0 Å². The topological polar surface area (TPSA) is 57.0 Å². The van der Waals surface area contributed by atoms with Gasteiger partial charge in [0.15, 0.2) is 5.58 Å². The molecule has 0 radical (unpaired) electrons. The van der Waals surface area contributed by atoms with E-state index in [0.29, 0.717) is 11.5 Å². The molecule has 0 aliphatic heterocycles. The van der Waals surface area contributed by atoms with Crippen molar-refractivity contribution in [3.8, 4) is 17.2 Å². The highest BCUT2D eigenvalue weighted by Crippen LogP contribution is 2.41. The molecule has 0 aliphatic carbocycles. The number of aromatic nitrogens is 3. The van der Waals surface area contributed by atoms with Gasteiger partial charge in [-0.3, -0.25) is 4.57 Å². The van der Waals surface area contributed by atoms with Gasteiger partial charge in [0.2, 0.25) is 5.95 Å². The van der Waals surface area contributed by atoms with Crippen molar-refractivity contribution in [2.45, 2.75) is 0 Å². The number of benzene rings is 5. The van der Waals surface area contributed by atoms with E-state index in [4.69, 9.17) is 18.8 Å². The monoisotopic (exact) mass is 501 g/mol. The van der Waals surface area contributed by atoms with E-state index in [1.807, 2.05) is 54.6 Å². The first kappa shape index (κ1) is 20.6. The van der Waals surface area contributed by atoms with Crippen LogP contribution in [0.2, 0.25) is 0 Å². The Hall–Kier alpha value is -5.42. The van der Waals surface area contributed by atoms with E-state index >= 15 is 0 Å². The largest absolute Gasteiger partial charge is 0.455 e. The Morgan fingerprint density at radius 3 is 2.00 bits per heavy atom. The maximum Gasteiger partial charge on any atom is 0.236 e. The molecule has 0 atom stereocenters. The van der Waals surface area contributed by atoms with Crippen LogP contribution in [0.5, 0.6) is 0 Å². The minimum Gasteiger partial charge on any atom is -0.455 e. The molecule has 0 bridgehead atoms. The van der Waals surface area contributed by atoms with E-state index in [2.05, 4.69) is 65.2 Å². The van der Waals surface area contributed by atoms with Crippen molar-refractivity contribution < 1.29 is 8.83 Å². The van der Waals surface area contributed by atoms with Crippen molar-refractivity contribution >= 4 is 65.8 Å². The van der Waals surface area contributed by atoms with Crippen LogP contribution >= 0.6 is 0 Å². The molecule has 0 N–H and O–H groups in total. The molecule has 4 heterocycles. The fourth-order valence-corrected chi connectivity index (χ4v) is 5.92. The van der Waals surface area contributed by atoms with E-state index < -0.39 is 0 Å². The SMILES string of the molecule is c1ccc(-c2nc(-n3c4ccccc4c4c5oc6ccccc6c5ccc43)nc3c2oc2ccccc23)cc1. The first-order valence-electron chi connectivity index (χ1n) is 12.9. The predicted molar refractivity (Wildman–Crippen MR) is 156 cm³/mol. The molecule has 0 unspecified atom stereocenters. The fraction of sp³-hybridized carbons (Fsp3) is 0. The van der Waals surface area contributed by atoms with Crippen molar-refractivity contribution in [3.63, 3.8) is 0 Å². The lowest BCUT2D eigenvalue weighted by Gasteiger charge is -2.09. The number of furan rings is 2. The fourth-order valence-electron chi connectivity index (χ4n) is 5.92. The number of hydrogen-bond acceptors (Lipinski definition) is 4. The number of para-hydroxylation sites is 3. The van der Waals surface area contributed by atoms with Crippen LogP contribution in [-0.4, -0.2) is 14.5 Å². The van der Waals surface area contributed by atoms with Gasteiger partial charge < -0.3 is 8.83 Å². The average Bonchev–Trinajstić information content (AvgIpc) is 3.66. The van der Waals surface area contributed by atoms with E-state index in [1.165, 1.54) is 0 Å². The molecular formula is C34H19N3O2. The van der Waals surface area contributed by atoms with E-state index in [9.17, 15) is 0 Å². The van der Waals surface area contributed by atoms with Crippen LogP contribution < -0.4 is 0 Å². The Morgan fingerprint density at radius 1 is 0.487 bits per heavy atom. The van der Waals surface area contributed by atoms with Gasteiger partial charge in [0.05, 0.1) is 16.4 Å². The van der Waals surface area contributed by atoms with Gasteiger partial charge in [-0.1, -0.05) is 78.9 Å². The lowest BCUT2D eigenvalue weighted by atomic mass is 10.1. The number of fused-ring (bicyclic) bond motifs is 10. The van der Waals surface area contributed by atoms with E-state index in [0.717, 1.165) is 71.5 Å². The van der Waals surface area contributed by atoms with Crippen LogP contribution in [0.1, 0.15) is 0 Å². The molecule has 5 aromatic carbocycles. The molecule has 0 amide bonds. The van der Waals surface area contributed by atoms with E-state index in [-0.39, 0.29) is 0 Å². The van der Waals surface area contributed by atoms with Crippen molar-refractivity contribution in [2.24, 2.45) is 0 Å². The molecule has 4 aromatic heterocycles. The van der Waals surface area contributed by atoms with Crippen LogP contribution in [-0.2, 0) is 0 Å². The van der Waals surface area contributed by atoms with Crippen molar-refractivity contribution in [2.75, 3.05) is 0 Å². The summed E-state index contributed by atoms with van der Waals surface area (Å²) >= 11 is 0. The summed E-state index contributed by atoms with van der Waals surface area (Å²) in [7, 11) is 0. The maximum atomic E-state index is 6.46. The Balaban J connectivity index is 1.46. The third kappa shape index (κ3) is 2.79. The third-order valence-corrected chi connectivity index (χ3v) is 7.64. The molecule has 0 aliphatic rings. The van der Waals surface area contributed by atoms with Gasteiger partial charge in [-0.05, 0) is 36.4 Å². The van der Waals surface area contributed by atoms with Crippen LogP contribution in [0.15, 0.2) is 124 Å². The minimum atomic E-state index is 0.592. The second-order valence-corrected chi connectivity index (χ2v) is 9.80. The standard InChI is InChI=1S/C34H19N3O2/c1-2-10-20(11-3-1)30-33-31(24-14-6-9-17-28(24)39-33)36-34(35-30)37-25-15-7-4-13-23(25)29-26(37)19-18-22-21-12-5-8-16-27(21)38-32(22)29/h1-19H. The summed E-state index contributed by atoms with van der Waals surface area (Å²) in [5, 5.41) is 5.33. The molecule has 0 saturated heterocycles. The van der Waals surface area contributed by atoms with Gasteiger partial charge >= 0.3 is 0 Å². The molecule has 9 rings (SSSR count). The summed E-state index contributed by atoms with van der Waals surface area (Å²) in [5.41, 5.74) is 7.79. The molecule has 9 aromatic rings. The normalized spacial score (nSPS) is 12.1. The molecule has 0 fully saturated rings. The summed E-state index contributed by atoms with van der Waals surface area (Å²) in [6, 6.07) is 39.0. The summed E-state index contributed by atoms with van der Waals surface area (Å²) in [4.78, 5) is 10.3. The zero-order chi connectivity index (χ0) is 25.5. The van der Waals surface area contributed by atoms with Crippen molar-refractivity contribution in [3.05, 3.63) is 115 Å². The molecule has 0 spiro atoms. The lowest BCUT2D eigenvalue weighted by Crippen LogP contribution is -2.02. The van der Waals surface area contributed by atoms with Crippen LogP contribution in [0.3, 0.4) is 0 Å². The van der Waals surface area contributed by atoms with Crippen LogP contribution in [0.4, 0.5) is 0 Å². The summed E-state index contributed by atoms with van der Waals surface area (Å²) in [6.45, 7) is 0. The second-order valence-electron chi connectivity index (χ2n) is 9.80. The quantitative estimate of drug-likeness (QED) is 0.237. The van der Waals surface area contributed by atoms with Crippen LogP contribution in [0.25, 0.3) is 83.0 Å². The average molecular weight is 502 g/mol. The molecule has 39 heavy (non-hydrogen) atoms.